The SMILES string of the molecule is CCC(C)(C)OP(C1CCCCC1)C1CCCCC1. The first-order valence-electron chi connectivity index (χ1n) is 8.60. The summed E-state index contributed by atoms with van der Waals surface area (Å²) in [7, 11) is -0.191. The van der Waals surface area contributed by atoms with Crippen molar-refractivity contribution in [2.75, 3.05) is 0 Å². The zero-order valence-corrected chi connectivity index (χ0v) is 14.2. The molecular formula is C17H33OP. The molecule has 0 atom stereocenters. The van der Waals surface area contributed by atoms with Crippen LogP contribution in [-0.2, 0) is 4.52 Å². The minimum Gasteiger partial charge on any atom is -0.353 e. The fourth-order valence-electron chi connectivity index (χ4n) is 3.47. The highest BCUT2D eigenvalue weighted by molar-refractivity contribution is 7.54. The van der Waals surface area contributed by atoms with E-state index in [1.165, 1.54) is 64.2 Å². The van der Waals surface area contributed by atoms with Gasteiger partial charge in [0.2, 0.25) is 0 Å². The Labute approximate surface area is 121 Å². The summed E-state index contributed by atoms with van der Waals surface area (Å²) in [5.74, 6) is 0. The van der Waals surface area contributed by atoms with Crippen LogP contribution < -0.4 is 0 Å². The van der Waals surface area contributed by atoms with Crippen LogP contribution in [0, 0.1) is 0 Å². The topological polar surface area (TPSA) is 9.23 Å². The van der Waals surface area contributed by atoms with Crippen LogP contribution in [-0.4, -0.2) is 16.9 Å². The highest BCUT2D eigenvalue weighted by Gasteiger charge is 2.35. The molecule has 2 aliphatic carbocycles. The van der Waals surface area contributed by atoms with Gasteiger partial charge in [0.25, 0.3) is 0 Å². The molecule has 0 spiro atoms. The summed E-state index contributed by atoms with van der Waals surface area (Å²) >= 11 is 0. The molecule has 0 aromatic heterocycles. The summed E-state index contributed by atoms with van der Waals surface area (Å²) in [5, 5.41) is 0. The minimum atomic E-state index is -0.191. The largest absolute Gasteiger partial charge is 0.353 e. The lowest BCUT2D eigenvalue weighted by atomic mass is 10.00. The van der Waals surface area contributed by atoms with Crippen LogP contribution in [0.4, 0.5) is 0 Å². The van der Waals surface area contributed by atoms with Crippen molar-refractivity contribution in [3.8, 4) is 0 Å². The van der Waals surface area contributed by atoms with E-state index in [-0.39, 0.29) is 13.7 Å². The van der Waals surface area contributed by atoms with Crippen molar-refractivity contribution in [2.45, 2.75) is 108 Å². The summed E-state index contributed by atoms with van der Waals surface area (Å²) in [5.41, 5.74) is 1.93. The lowest BCUT2D eigenvalue weighted by Crippen LogP contribution is -2.29. The summed E-state index contributed by atoms with van der Waals surface area (Å²) in [6.07, 6.45) is 15.7. The molecule has 2 aliphatic rings. The Bertz CT molecular complexity index is 234. The van der Waals surface area contributed by atoms with Crippen LogP contribution in [0.15, 0.2) is 0 Å². The summed E-state index contributed by atoms with van der Waals surface area (Å²) in [6.45, 7) is 6.87. The Kier molecular flexibility index (Phi) is 6.15. The molecule has 0 unspecified atom stereocenters. The lowest BCUT2D eigenvalue weighted by molar-refractivity contribution is 0.116. The average molecular weight is 284 g/mol. The molecule has 0 saturated heterocycles. The van der Waals surface area contributed by atoms with Gasteiger partial charge in [-0.25, -0.2) is 0 Å². The average Bonchev–Trinajstić information content (AvgIpc) is 2.47. The van der Waals surface area contributed by atoms with Crippen molar-refractivity contribution in [3.63, 3.8) is 0 Å². The molecule has 112 valence electrons. The van der Waals surface area contributed by atoms with E-state index in [0.29, 0.717) is 0 Å². The molecule has 0 N–H and O–H groups in total. The quantitative estimate of drug-likeness (QED) is 0.542. The van der Waals surface area contributed by atoms with Crippen LogP contribution in [0.1, 0.15) is 91.4 Å². The summed E-state index contributed by atoms with van der Waals surface area (Å²) in [6, 6.07) is 0. The van der Waals surface area contributed by atoms with Crippen molar-refractivity contribution < 1.29 is 4.52 Å². The van der Waals surface area contributed by atoms with Crippen molar-refractivity contribution >= 4 is 8.15 Å². The molecule has 0 radical (unpaired) electrons. The molecule has 2 rings (SSSR count). The van der Waals surface area contributed by atoms with Gasteiger partial charge in [0.05, 0.1) is 5.60 Å². The third kappa shape index (κ3) is 4.71. The molecule has 2 fully saturated rings. The van der Waals surface area contributed by atoms with E-state index < -0.39 is 0 Å². The maximum absolute atomic E-state index is 6.73. The molecule has 2 heteroatoms. The molecule has 0 aliphatic heterocycles. The first-order valence-corrected chi connectivity index (χ1v) is 9.99. The zero-order chi connectivity index (χ0) is 13.7. The van der Waals surface area contributed by atoms with Gasteiger partial charge >= 0.3 is 0 Å². The second-order valence-electron chi connectivity index (χ2n) is 7.15. The summed E-state index contributed by atoms with van der Waals surface area (Å²) in [4.78, 5) is 0. The van der Waals surface area contributed by atoms with Crippen molar-refractivity contribution in [3.05, 3.63) is 0 Å². The van der Waals surface area contributed by atoms with Gasteiger partial charge in [-0.3, -0.25) is 0 Å². The van der Waals surface area contributed by atoms with Crippen LogP contribution in [0.5, 0.6) is 0 Å². The second-order valence-corrected chi connectivity index (χ2v) is 9.51. The molecule has 19 heavy (non-hydrogen) atoms. The first-order chi connectivity index (χ1) is 9.12. The number of hydrogen-bond donors (Lipinski definition) is 0. The van der Waals surface area contributed by atoms with E-state index in [0.717, 1.165) is 17.7 Å². The van der Waals surface area contributed by atoms with Gasteiger partial charge in [0.1, 0.15) is 0 Å². The monoisotopic (exact) mass is 284 g/mol. The predicted octanol–water partition coefficient (Wildman–Crippen LogP) is 6.25. The smallest absolute Gasteiger partial charge is 0.0666 e. The Balaban J connectivity index is 2.02. The minimum absolute atomic E-state index is 0.0978. The molecule has 1 nitrogen and oxygen atoms in total. The van der Waals surface area contributed by atoms with Gasteiger partial charge in [-0.15, -0.1) is 0 Å². The molecule has 0 aromatic rings. The van der Waals surface area contributed by atoms with E-state index in [4.69, 9.17) is 4.52 Å². The van der Waals surface area contributed by atoms with E-state index in [1.807, 2.05) is 0 Å². The molecule has 0 aromatic carbocycles. The first kappa shape index (κ1) is 15.8. The molecular weight excluding hydrogens is 251 g/mol. The number of hydrogen-bond acceptors (Lipinski definition) is 1. The van der Waals surface area contributed by atoms with Crippen LogP contribution in [0.25, 0.3) is 0 Å². The van der Waals surface area contributed by atoms with Crippen LogP contribution in [0.2, 0.25) is 0 Å². The Morgan fingerprint density at radius 1 is 0.842 bits per heavy atom. The van der Waals surface area contributed by atoms with Crippen molar-refractivity contribution in [1.29, 1.82) is 0 Å². The third-order valence-electron chi connectivity index (χ3n) is 5.07. The van der Waals surface area contributed by atoms with Gasteiger partial charge < -0.3 is 4.52 Å². The van der Waals surface area contributed by atoms with E-state index in [9.17, 15) is 0 Å². The predicted molar refractivity (Wildman–Crippen MR) is 86.1 cm³/mol. The second kappa shape index (κ2) is 7.41. The Morgan fingerprint density at radius 3 is 1.63 bits per heavy atom. The number of rotatable bonds is 5. The molecule has 0 bridgehead atoms. The van der Waals surface area contributed by atoms with E-state index in [1.54, 1.807) is 0 Å². The van der Waals surface area contributed by atoms with E-state index >= 15 is 0 Å². The van der Waals surface area contributed by atoms with Crippen molar-refractivity contribution in [2.24, 2.45) is 0 Å². The highest BCUT2D eigenvalue weighted by Crippen LogP contribution is 2.58. The summed E-state index contributed by atoms with van der Waals surface area (Å²) < 4.78 is 6.73. The van der Waals surface area contributed by atoms with Crippen molar-refractivity contribution in [1.82, 2.24) is 0 Å². The van der Waals surface area contributed by atoms with Gasteiger partial charge in [-0.05, 0) is 46.0 Å². The maximum Gasteiger partial charge on any atom is 0.0666 e. The molecule has 0 heterocycles. The standard InChI is InChI=1S/C17H33OP/c1-4-17(2,3)18-19(15-11-7-5-8-12-15)16-13-9-6-10-14-16/h15-16H,4-14H2,1-3H3. The van der Waals surface area contributed by atoms with Gasteiger partial charge in [-0.2, -0.15) is 0 Å². The molecule has 0 amide bonds. The lowest BCUT2D eigenvalue weighted by Gasteiger charge is -2.41. The third-order valence-corrected chi connectivity index (χ3v) is 8.25. The van der Waals surface area contributed by atoms with Gasteiger partial charge in [0.15, 0.2) is 0 Å². The van der Waals surface area contributed by atoms with Gasteiger partial charge in [0, 0.05) is 19.5 Å². The highest BCUT2D eigenvalue weighted by atomic mass is 31.1. The fraction of sp³-hybridized carbons (Fsp3) is 1.00. The zero-order valence-electron chi connectivity index (χ0n) is 13.3. The maximum atomic E-state index is 6.73. The van der Waals surface area contributed by atoms with Gasteiger partial charge in [-0.1, -0.05) is 45.4 Å². The Morgan fingerprint density at radius 2 is 1.26 bits per heavy atom. The Hall–Kier alpha value is 0.390. The van der Waals surface area contributed by atoms with E-state index in [2.05, 4.69) is 20.8 Å². The van der Waals surface area contributed by atoms with Crippen LogP contribution >= 0.6 is 8.15 Å². The van der Waals surface area contributed by atoms with Crippen LogP contribution in [0.3, 0.4) is 0 Å². The normalized spacial score (nSPS) is 24.0. The molecule has 2 saturated carbocycles. The fourth-order valence-corrected chi connectivity index (χ4v) is 6.81.